The molecule has 20 heavy (non-hydrogen) atoms. The zero-order valence-corrected chi connectivity index (χ0v) is 11.5. The molecule has 0 aliphatic carbocycles. The monoisotopic (exact) mass is 306 g/mol. The van der Waals surface area contributed by atoms with Gasteiger partial charge in [-0.1, -0.05) is 12.1 Å². The van der Waals surface area contributed by atoms with E-state index in [0.717, 1.165) is 12.1 Å². The van der Waals surface area contributed by atoms with Gasteiger partial charge in [0.15, 0.2) is 0 Å². The second-order valence-electron chi connectivity index (χ2n) is 4.00. The Morgan fingerprint density at radius 3 is 1.95 bits per heavy atom. The molecule has 0 bridgehead atoms. The number of imide groups is 1. The van der Waals surface area contributed by atoms with E-state index in [0.29, 0.717) is 4.90 Å². The first-order chi connectivity index (χ1) is 9.09. The van der Waals surface area contributed by atoms with Crippen LogP contribution in [0.25, 0.3) is 0 Å². The molecule has 6 heteroatoms. The molecule has 3 nitrogen and oxygen atoms in total. The third-order valence-corrected chi connectivity index (χ3v) is 2.88. The van der Waals surface area contributed by atoms with Gasteiger partial charge in [-0.2, -0.15) is 0 Å². The number of carbonyl (C=O) groups is 2. The molecule has 0 aromatic heterocycles. The van der Waals surface area contributed by atoms with Gasteiger partial charge in [-0.3, -0.25) is 14.5 Å². The van der Waals surface area contributed by atoms with E-state index >= 15 is 0 Å². The molecular formula is C14H6F2NO2Ti-. The molecule has 1 heterocycles. The predicted molar refractivity (Wildman–Crippen MR) is 62.8 cm³/mol. The average molecular weight is 306 g/mol. The van der Waals surface area contributed by atoms with Crippen LogP contribution in [0.5, 0.6) is 0 Å². The molecule has 1 aliphatic heterocycles. The predicted octanol–water partition coefficient (Wildman–Crippen LogP) is 2.56. The Morgan fingerprint density at radius 1 is 0.900 bits per heavy atom. The molecule has 2 aromatic carbocycles. The summed E-state index contributed by atoms with van der Waals surface area (Å²) in [5, 5.41) is 0. The summed E-state index contributed by atoms with van der Waals surface area (Å²) in [6, 6.07) is 9.99. The van der Waals surface area contributed by atoms with Gasteiger partial charge in [0.2, 0.25) is 0 Å². The van der Waals surface area contributed by atoms with Gasteiger partial charge in [0.25, 0.3) is 11.8 Å². The fraction of sp³-hybridized carbons (Fsp3) is 0. The van der Waals surface area contributed by atoms with Gasteiger partial charge < -0.3 is 0 Å². The van der Waals surface area contributed by atoms with Crippen LogP contribution in [-0.4, -0.2) is 11.8 Å². The van der Waals surface area contributed by atoms with Crippen molar-refractivity contribution in [1.29, 1.82) is 0 Å². The van der Waals surface area contributed by atoms with E-state index in [9.17, 15) is 18.4 Å². The summed E-state index contributed by atoms with van der Waals surface area (Å²) in [6.45, 7) is 0. The van der Waals surface area contributed by atoms with Crippen LogP contribution in [0.15, 0.2) is 36.4 Å². The second-order valence-corrected chi connectivity index (χ2v) is 4.00. The van der Waals surface area contributed by atoms with Crippen LogP contribution in [0.1, 0.15) is 20.7 Å². The number of nitrogens with zero attached hydrogens (tertiary/aromatic N) is 1. The molecule has 98 valence electrons. The van der Waals surface area contributed by atoms with Gasteiger partial charge in [0, 0.05) is 33.4 Å². The van der Waals surface area contributed by atoms with E-state index in [1.807, 2.05) is 0 Å². The van der Waals surface area contributed by atoms with E-state index < -0.39 is 23.4 Å². The molecule has 0 N–H and O–H groups in total. The number of hydrogen-bond donors (Lipinski definition) is 0. The summed E-state index contributed by atoms with van der Waals surface area (Å²) in [7, 11) is 0. The molecule has 0 saturated carbocycles. The van der Waals surface area contributed by atoms with Crippen LogP contribution in [-0.2, 0) is 21.7 Å². The summed E-state index contributed by atoms with van der Waals surface area (Å²) in [5.41, 5.74) is 0.111. The molecule has 2 amide bonds. The van der Waals surface area contributed by atoms with E-state index in [-0.39, 0.29) is 38.5 Å². The first kappa shape index (κ1) is 14.6. The Kier molecular flexibility index (Phi) is 3.83. The van der Waals surface area contributed by atoms with Crippen molar-refractivity contribution >= 4 is 17.5 Å². The summed E-state index contributed by atoms with van der Waals surface area (Å²) in [5.74, 6) is -3.22. The SMILES string of the molecule is O=C1c2ccccc2C(=O)N1c1ccc(F)[c-]c1F.[Ti]. The van der Waals surface area contributed by atoms with E-state index in [1.54, 1.807) is 18.2 Å². The van der Waals surface area contributed by atoms with Crippen molar-refractivity contribution in [1.82, 2.24) is 0 Å². The third-order valence-electron chi connectivity index (χ3n) is 2.88. The zero-order valence-electron chi connectivity index (χ0n) is 9.98. The van der Waals surface area contributed by atoms with Gasteiger partial charge in [-0.05, 0) is 17.8 Å². The van der Waals surface area contributed by atoms with Crippen LogP contribution in [0, 0.1) is 17.7 Å². The summed E-state index contributed by atoms with van der Waals surface area (Å²) >= 11 is 0. The second kappa shape index (κ2) is 5.27. The number of anilines is 1. The largest absolute Gasteiger partial charge is 0.295 e. The average Bonchev–Trinajstić information content (AvgIpc) is 2.64. The first-order valence-corrected chi connectivity index (χ1v) is 5.45. The van der Waals surface area contributed by atoms with Crippen molar-refractivity contribution in [2.45, 2.75) is 0 Å². The minimum Gasteiger partial charge on any atom is -0.295 e. The maximum Gasteiger partial charge on any atom is 0.255 e. The van der Waals surface area contributed by atoms with Crippen LogP contribution >= 0.6 is 0 Å². The molecule has 0 radical (unpaired) electrons. The molecule has 0 atom stereocenters. The molecule has 3 rings (SSSR count). The zero-order chi connectivity index (χ0) is 13.6. The van der Waals surface area contributed by atoms with Crippen LogP contribution in [0.2, 0.25) is 0 Å². The molecule has 0 fully saturated rings. The number of benzene rings is 2. The number of rotatable bonds is 1. The Hall–Kier alpha value is -1.85. The number of fused-ring (bicyclic) bond motifs is 1. The number of carbonyl (C=O) groups excluding carboxylic acids is 2. The standard InChI is InChI=1S/C14H6F2NO2.Ti/c15-8-5-6-12(11(16)7-8)17-13(18)9-3-1-2-4-10(9)14(17)19;/h1-6H;/q-1;. The van der Waals surface area contributed by atoms with Gasteiger partial charge >= 0.3 is 0 Å². The summed E-state index contributed by atoms with van der Waals surface area (Å²) < 4.78 is 26.4. The van der Waals surface area contributed by atoms with Crippen molar-refractivity contribution in [3.63, 3.8) is 0 Å². The third kappa shape index (κ3) is 2.09. The van der Waals surface area contributed by atoms with Crippen molar-refractivity contribution in [3.05, 3.63) is 65.2 Å². The van der Waals surface area contributed by atoms with E-state index in [4.69, 9.17) is 0 Å². The number of amides is 2. The van der Waals surface area contributed by atoms with Crippen molar-refractivity contribution in [2.75, 3.05) is 4.90 Å². The molecule has 1 aliphatic rings. The Morgan fingerprint density at radius 2 is 1.45 bits per heavy atom. The topological polar surface area (TPSA) is 37.4 Å². The van der Waals surface area contributed by atoms with Crippen LogP contribution < -0.4 is 4.90 Å². The van der Waals surface area contributed by atoms with E-state index in [1.165, 1.54) is 12.1 Å². The maximum absolute atomic E-state index is 13.6. The molecule has 0 saturated heterocycles. The minimum absolute atomic E-state index is 0. The number of halogens is 2. The Balaban J connectivity index is 0.00000147. The smallest absolute Gasteiger partial charge is 0.255 e. The van der Waals surface area contributed by atoms with Gasteiger partial charge in [0.1, 0.15) is 0 Å². The van der Waals surface area contributed by atoms with Gasteiger partial charge in [-0.25, -0.2) is 8.78 Å². The van der Waals surface area contributed by atoms with E-state index in [2.05, 4.69) is 0 Å². The normalized spacial score (nSPS) is 13.2. The number of hydrogen-bond acceptors (Lipinski definition) is 2. The molecule has 0 spiro atoms. The van der Waals surface area contributed by atoms with Crippen LogP contribution in [0.4, 0.5) is 14.5 Å². The van der Waals surface area contributed by atoms with Crippen molar-refractivity contribution < 1.29 is 40.1 Å². The first-order valence-electron chi connectivity index (χ1n) is 5.45. The fourth-order valence-corrected chi connectivity index (χ4v) is 2.02. The van der Waals surface area contributed by atoms with Gasteiger partial charge in [-0.15, -0.1) is 18.2 Å². The van der Waals surface area contributed by atoms with Crippen molar-refractivity contribution in [2.24, 2.45) is 0 Å². The fourth-order valence-electron chi connectivity index (χ4n) is 2.02. The van der Waals surface area contributed by atoms with Gasteiger partial charge in [0.05, 0.1) is 11.1 Å². The minimum atomic E-state index is -1.07. The Bertz CT molecular complexity index is 683. The van der Waals surface area contributed by atoms with Crippen molar-refractivity contribution in [3.8, 4) is 0 Å². The summed E-state index contributed by atoms with van der Waals surface area (Å²) in [4.78, 5) is 24.8. The molecule has 2 aromatic rings. The maximum atomic E-state index is 13.6. The quantitative estimate of drug-likeness (QED) is 0.461. The van der Waals surface area contributed by atoms with Crippen LogP contribution in [0.3, 0.4) is 0 Å². The Labute approximate surface area is 128 Å². The molecular weight excluding hydrogens is 300 g/mol. The molecule has 0 unspecified atom stereocenters. The summed E-state index contributed by atoms with van der Waals surface area (Å²) in [6.07, 6.45) is 0.